The van der Waals surface area contributed by atoms with Crippen LogP contribution in [0.25, 0.3) is 0 Å². The lowest BCUT2D eigenvalue weighted by atomic mass is 9.80. The van der Waals surface area contributed by atoms with Crippen molar-refractivity contribution in [3.63, 3.8) is 0 Å². The fourth-order valence-electron chi connectivity index (χ4n) is 2.11. The summed E-state index contributed by atoms with van der Waals surface area (Å²) in [4.78, 5) is 22.4. The molecule has 2 atom stereocenters. The second-order valence-corrected chi connectivity index (χ2v) is 5.80. The highest BCUT2D eigenvalue weighted by molar-refractivity contribution is 8.13. The maximum absolute atomic E-state index is 11.7. The highest BCUT2D eigenvalue weighted by Crippen LogP contribution is 2.28. The van der Waals surface area contributed by atoms with Crippen molar-refractivity contribution >= 4 is 22.7 Å². The van der Waals surface area contributed by atoms with Gasteiger partial charge in [0.2, 0.25) is 0 Å². The minimum atomic E-state index is 0.179. The van der Waals surface area contributed by atoms with Gasteiger partial charge in [-0.2, -0.15) is 0 Å². The number of rotatable bonds is 4. The van der Waals surface area contributed by atoms with Crippen molar-refractivity contribution in [1.29, 1.82) is 0 Å². The van der Waals surface area contributed by atoms with Gasteiger partial charge in [0.15, 0.2) is 5.12 Å². The Morgan fingerprint density at radius 3 is 2.80 bits per heavy atom. The Labute approximate surface area is 96.2 Å². The van der Waals surface area contributed by atoms with Gasteiger partial charge < -0.3 is 0 Å². The van der Waals surface area contributed by atoms with E-state index in [1.54, 1.807) is 6.92 Å². The largest absolute Gasteiger partial charge is 0.299 e. The number of hydrogen-bond acceptors (Lipinski definition) is 3. The highest BCUT2D eigenvalue weighted by Gasteiger charge is 2.25. The number of carbonyl (C=O) groups excluding carboxylic acids is 2. The zero-order chi connectivity index (χ0) is 11.3. The zero-order valence-electron chi connectivity index (χ0n) is 9.62. The van der Waals surface area contributed by atoms with E-state index in [2.05, 4.69) is 6.92 Å². The molecule has 3 heteroatoms. The van der Waals surface area contributed by atoms with Gasteiger partial charge in [-0.05, 0) is 31.6 Å². The Kier molecular flexibility index (Phi) is 5.37. The molecule has 0 aromatic rings. The molecule has 0 saturated heterocycles. The van der Waals surface area contributed by atoms with E-state index < -0.39 is 0 Å². The van der Waals surface area contributed by atoms with E-state index in [-0.39, 0.29) is 11.0 Å². The van der Waals surface area contributed by atoms with Crippen molar-refractivity contribution in [3.05, 3.63) is 0 Å². The number of Topliss-reactive ketones (excluding diaryl/α,β-unsaturated/α-hetero) is 1. The van der Waals surface area contributed by atoms with Crippen LogP contribution in [0.3, 0.4) is 0 Å². The molecule has 1 rings (SSSR count). The molecule has 0 heterocycles. The summed E-state index contributed by atoms with van der Waals surface area (Å²) in [7, 11) is 0. The summed E-state index contributed by atoms with van der Waals surface area (Å²) in [6.45, 7) is 3.75. The van der Waals surface area contributed by atoms with Crippen LogP contribution < -0.4 is 0 Å². The molecule has 1 aliphatic carbocycles. The first kappa shape index (κ1) is 12.8. The lowest BCUT2D eigenvalue weighted by Gasteiger charge is -2.24. The first-order valence-electron chi connectivity index (χ1n) is 5.75. The minimum absolute atomic E-state index is 0.179. The average molecular weight is 228 g/mol. The zero-order valence-corrected chi connectivity index (χ0v) is 10.4. The third kappa shape index (κ3) is 4.83. The monoisotopic (exact) mass is 228 g/mol. The third-order valence-electron chi connectivity index (χ3n) is 3.02. The Bertz CT molecular complexity index is 238. The third-order valence-corrected chi connectivity index (χ3v) is 3.91. The van der Waals surface area contributed by atoms with E-state index in [0.29, 0.717) is 11.7 Å². The van der Waals surface area contributed by atoms with Crippen LogP contribution in [0.1, 0.15) is 46.0 Å². The summed E-state index contributed by atoms with van der Waals surface area (Å²) in [5, 5.41) is 0.179. The van der Waals surface area contributed by atoms with Gasteiger partial charge in [-0.15, -0.1) is 0 Å². The average Bonchev–Trinajstić information content (AvgIpc) is 2.14. The molecule has 0 radical (unpaired) electrons. The smallest absolute Gasteiger partial charge is 0.185 e. The molecule has 0 aliphatic heterocycles. The SMILES string of the molecule is CC(=O)SCCCC1CCC(C)CC1=O. The molecule has 0 spiro atoms. The lowest BCUT2D eigenvalue weighted by Crippen LogP contribution is -2.23. The van der Waals surface area contributed by atoms with Gasteiger partial charge in [0.05, 0.1) is 0 Å². The molecule has 0 aromatic heterocycles. The van der Waals surface area contributed by atoms with Gasteiger partial charge in [-0.25, -0.2) is 0 Å². The number of thioether (sulfide) groups is 1. The normalized spacial score (nSPS) is 26.7. The van der Waals surface area contributed by atoms with Crippen molar-refractivity contribution in [2.45, 2.75) is 46.0 Å². The van der Waals surface area contributed by atoms with E-state index in [9.17, 15) is 9.59 Å². The summed E-state index contributed by atoms with van der Waals surface area (Å²) >= 11 is 1.37. The summed E-state index contributed by atoms with van der Waals surface area (Å²) < 4.78 is 0. The van der Waals surface area contributed by atoms with Crippen LogP contribution in [-0.4, -0.2) is 16.7 Å². The fourth-order valence-corrected chi connectivity index (χ4v) is 2.71. The molecule has 2 unspecified atom stereocenters. The first-order valence-corrected chi connectivity index (χ1v) is 6.74. The van der Waals surface area contributed by atoms with Gasteiger partial charge in [-0.1, -0.05) is 18.7 Å². The highest BCUT2D eigenvalue weighted by atomic mass is 32.2. The maximum atomic E-state index is 11.7. The molecule has 15 heavy (non-hydrogen) atoms. The van der Waals surface area contributed by atoms with Crippen LogP contribution in [0.15, 0.2) is 0 Å². The molecule has 86 valence electrons. The van der Waals surface area contributed by atoms with Crippen molar-refractivity contribution in [3.8, 4) is 0 Å². The molecule has 1 aliphatic rings. The van der Waals surface area contributed by atoms with Gasteiger partial charge in [0.1, 0.15) is 5.78 Å². The van der Waals surface area contributed by atoms with Crippen molar-refractivity contribution < 1.29 is 9.59 Å². The molecule has 1 fully saturated rings. The van der Waals surface area contributed by atoms with E-state index >= 15 is 0 Å². The van der Waals surface area contributed by atoms with Crippen molar-refractivity contribution in [2.75, 3.05) is 5.75 Å². The molecule has 0 amide bonds. The molecule has 0 aromatic carbocycles. The molecule has 0 N–H and O–H groups in total. The van der Waals surface area contributed by atoms with E-state index in [1.807, 2.05) is 0 Å². The van der Waals surface area contributed by atoms with Crippen LogP contribution >= 0.6 is 11.8 Å². The standard InChI is InChI=1S/C12H20O2S/c1-9-5-6-11(12(14)8-9)4-3-7-15-10(2)13/h9,11H,3-8H2,1-2H3. The van der Waals surface area contributed by atoms with Crippen LogP contribution in [-0.2, 0) is 9.59 Å². The second-order valence-electron chi connectivity index (χ2n) is 4.53. The predicted octanol–water partition coefficient (Wildman–Crippen LogP) is 3.05. The van der Waals surface area contributed by atoms with Gasteiger partial charge in [-0.3, -0.25) is 9.59 Å². The van der Waals surface area contributed by atoms with Gasteiger partial charge >= 0.3 is 0 Å². The van der Waals surface area contributed by atoms with E-state index in [1.165, 1.54) is 18.2 Å². The first-order chi connectivity index (χ1) is 7.09. The van der Waals surface area contributed by atoms with E-state index in [4.69, 9.17) is 0 Å². The van der Waals surface area contributed by atoms with Crippen LogP contribution in [0.2, 0.25) is 0 Å². The van der Waals surface area contributed by atoms with Gasteiger partial charge in [0.25, 0.3) is 0 Å². The lowest BCUT2D eigenvalue weighted by molar-refractivity contribution is -0.126. The summed E-state index contributed by atoms with van der Waals surface area (Å²) in [6.07, 6.45) is 4.99. The van der Waals surface area contributed by atoms with Crippen LogP contribution in [0.4, 0.5) is 0 Å². The van der Waals surface area contributed by atoms with Crippen molar-refractivity contribution in [2.24, 2.45) is 11.8 Å². The molecule has 1 saturated carbocycles. The van der Waals surface area contributed by atoms with Crippen molar-refractivity contribution in [1.82, 2.24) is 0 Å². The molecular weight excluding hydrogens is 208 g/mol. The summed E-state index contributed by atoms with van der Waals surface area (Å²) in [5.74, 6) is 2.19. The minimum Gasteiger partial charge on any atom is -0.299 e. The summed E-state index contributed by atoms with van der Waals surface area (Å²) in [6, 6.07) is 0. The number of hydrogen-bond donors (Lipinski definition) is 0. The maximum Gasteiger partial charge on any atom is 0.185 e. The van der Waals surface area contributed by atoms with E-state index in [0.717, 1.165) is 31.4 Å². The molecule has 2 nitrogen and oxygen atoms in total. The fraction of sp³-hybridized carbons (Fsp3) is 0.833. The Balaban J connectivity index is 2.16. The predicted molar refractivity (Wildman–Crippen MR) is 63.9 cm³/mol. The number of carbonyl (C=O) groups is 2. The molecule has 0 bridgehead atoms. The topological polar surface area (TPSA) is 34.1 Å². The Hall–Kier alpha value is -0.310. The van der Waals surface area contributed by atoms with Crippen LogP contribution in [0, 0.1) is 11.8 Å². The second kappa shape index (κ2) is 6.31. The number of ketones is 1. The van der Waals surface area contributed by atoms with Gasteiger partial charge in [0, 0.05) is 25.0 Å². The summed E-state index contributed by atoms with van der Waals surface area (Å²) in [5.41, 5.74) is 0. The quantitative estimate of drug-likeness (QED) is 0.694. The Morgan fingerprint density at radius 1 is 1.47 bits per heavy atom. The molecular formula is C12H20O2S. The van der Waals surface area contributed by atoms with Crippen LogP contribution in [0.5, 0.6) is 0 Å². The Morgan fingerprint density at radius 2 is 2.20 bits per heavy atom.